The number of hydrogen-bond acceptors (Lipinski definition) is 4. The van der Waals surface area contributed by atoms with Gasteiger partial charge in [-0.1, -0.05) is 45.4 Å². The van der Waals surface area contributed by atoms with E-state index < -0.39 is 0 Å². The van der Waals surface area contributed by atoms with E-state index in [1.54, 1.807) is 11.3 Å². The van der Waals surface area contributed by atoms with Gasteiger partial charge < -0.3 is 5.73 Å². The number of hydrogen-bond donors (Lipinski definition) is 1. The number of rotatable bonds is 11. The zero-order chi connectivity index (χ0) is 13.1. The fourth-order valence-corrected chi connectivity index (χ4v) is 2.91. The van der Waals surface area contributed by atoms with E-state index in [0.29, 0.717) is 0 Å². The topological polar surface area (TPSA) is 51.8 Å². The Morgan fingerprint density at radius 3 is 2.00 bits per heavy atom. The molecule has 4 heteroatoms. The third-order valence-corrected chi connectivity index (χ3v) is 4.14. The van der Waals surface area contributed by atoms with Crippen molar-refractivity contribution in [2.45, 2.75) is 71.1 Å². The van der Waals surface area contributed by atoms with Gasteiger partial charge in [-0.3, -0.25) is 0 Å². The van der Waals surface area contributed by atoms with E-state index in [0.717, 1.165) is 30.8 Å². The van der Waals surface area contributed by atoms with E-state index in [-0.39, 0.29) is 0 Å². The first kappa shape index (κ1) is 15.6. The van der Waals surface area contributed by atoms with Crippen LogP contribution in [0.5, 0.6) is 0 Å². The molecule has 18 heavy (non-hydrogen) atoms. The van der Waals surface area contributed by atoms with Gasteiger partial charge in [-0.25, -0.2) is 0 Å². The van der Waals surface area contributed by atoms with Crippen molar-refractivity contribution in [2.75, 3.05) is 6.54 Å². The van der Waals surface area contributed by atoms with Gasteiger partial charge in [-0.15, -0.1) is 21.5 Å². The summed E-state index contributed by atoms with van der Waals surface area (Å²) < 4.78 is 0. The van der Waals surface area contributed by atoms with Crippen molar-refractivity contribution in [1.82, 2.24) is 10.2 Å². The lowest BCUT2D eigenvalue weighted by atomic mass is 10.1. The molecule has 1 rings (SSSR count). The molecule has 0 aliphatic carbocycles. The van der Waals surface area contributed by atoms with Crippen molar-refractivity contribution in [2.24, 2.45) is 5.73 Å². The minimum atomic E-state index is 0.743. The highest BCUT2D eigenvalue weighted by atomic mass is 32.1. The maximum atomic E-state index is 5.49. The normalized spacial score (nSPS) is 11.0. The summed E-state index contributed by atoms with van der Waals surface area (Å²) in [5, 5.41) is 10.8. The van der Waals surface area contributed by atoms with Crippen molar-refractivity contribution < 1.29 is 0 Å². The Balaban J connectivity index is 2.03. The Bertz CT molecular complexity index is 299. The minimum absolute atomic E-state index is 0.743. The molecule has 0 fully saturated rings. The Hall–Kier alpha value is -0.480. The van der Waals surface area contributed by atoms with E-state index in [1.165, 1.54) is 50.0 Å². The SMILES string of the molecule is CCCCCCCCCc1nnc(CCCN)s1. The van der Waals surface area contributed by atoms with E-state index in [9.17, 15) is 0 Å². The first-order valence-electron chi connectivity index (χ1n) is 7.38. The molecule has 0 saturated heterocycles. The third kappa shape index (κ3) is 7.07. The monoisotopic (exact) mass is 269 g/mol. The average molecular weight is 269 g/mol. The molecule has 1 aromatic heterocycles. The van der Waals surface area contributed by atoms with Crippen molar-refractivity contribution in [1.29, 1.82) is 0 Å². The molecule has 1 heterocycles. The summed E-state index contributed by atoms with van der Waals surface area (Å²) in [6, 6.07) is 0. The Kier molecular flexibility index (Phi) is 9.04. The summed E-state index contributed by atoms with van der Waals surface area (Å²) in [5.74, 6) is 0. The summed E-state index contributed by atoms with van der Waals surface area (Å²) in [7, 11) is 0. The van der Waals surface area contributed by atoms with Gasteiger partial charge in [-0.2, -0.15) is 0 Å². The summed E-state index contributed by atoms with van der Waals surface area (Å²) in [4.78, 5) is 0. The van der Waals surface area contributed by atoms with Gasteiger partial charge in [0.25, 0.3) is 0 Å². The van der Waals surface area contributed by atoms with Crippen molar-refractivity contribution in [3.63, 3.8) is 0 Å². The first-order chi connectivity index (χ1) is 8.86. The molecular weight excluding hydrogens is 242 g/mol. The first-order valence-corrected chi connectivity index (χ1v) is 8.19. The molecule has 0 saturated carbocycles. The molecule has 1 aromatic rings. The summed E-state index contributed by atoms with van der Waals surface area (Å²) in [6.45, 7) is 3.00. The molecule has 3 nitrogen and oxygen atoms in total. The second-order valence-corrected chi connectivity index (χ2v) is 6.00. The van der Waals surface area contributed by atoms with Crippen LogP contribution < -0.4 is 5.73 Å². The highest BCUT2D eigenvalue weighted by Gasteiger charge is 2.03. The summed E-state index contributed by atoms with van der Waals surface area (Å²) in [5.41, 5.74) is 5.49. The standard InChI is InChI=1S/C14H27N3S/c1-2-3-4-5-6-7-8-10-13-16-17-14(18-13)11-9-12-15/h2-12,15H2,1H3. The van der Waals surface area contributed by atoms with Crippen LogP contribution in [-0.2, 0) is 12.8 Å². The van der Waals surface area contributed by atoms with Crippen LogP contribution in [0.15, 0.2) is 0 Å². The van der Waals surface area contributed by atoms with E-state index >= 15 is 0 Å². The lowest BCUT2D eigenvalue weighted by molar-refractivity contribution is 0.588. The number of aromatic nitrogens is 2. The predicted octanol–water partition coefficient (Wildman–Crippen LogP) is 3.72. The zero-order valence-corrected chi connectivity index (χ0v) is 12.5. The minimum Gasteiger partial charge on any atom is -0.330 e. The molecule has 0 aliphatic rings. The van der Waals surface area contributed by atoms with Crippen molar-refractivity contribution >= 4 is 11.3 Å². The van der Waals surface area contributed by atoms with Crippen LogP contribution in [-0.4, -0.2) is 16.7 Å². The average Bonchev–Trinajstić information content (AvgIpc) is 2.83. The van der Waals surface area contributed by atoms with Gasteiger partial charge in [0.05, 0.1) is 0 Å². The summed E-state index contributed by atoms with van der Waals surface area (Å²) in [6.07, 6.45) is 12.6. The molecule has 0 atom stereocenters. The Morgan fingerprint density at radius 2 is 1.39 bits per heavy atom. The van der Waals surface area contributed by atoms with Gasteiger partial charge in [-0.05, 0) is 19.4 Å². The molecule has 0 bridgehead atoms. The largest absolute Gasteiger partial charge is 0.330 e. The van der Waals surface area contributed by atoms with Gasteiger partial charge in [0.2, 0.25) is 0 Å². The van der Waals surface area contributed by atoms with Crippen LogP contribution >= 0.6 is 11.3 Å². The molecule has 0 radical (unpaired) electrons. The quantitative estimate of drug-likeness (QED) is 0.623. The van der Waals surface area contributed by atoms with Gasteiger partial charge >= 0.3 is 0 Å². The van der Waals surface area contributed by atoms with Gasteiger partial charge in [0.1, 0.15) is 10.0 Å². The van der Waals surface area contributed by atoms with Crippen LogP contribution in [0.25, 0.3) is 0 Å². The Labute approximate surface area is 115 Å². The number of unbranched alkanes of at least 4 members (excludes halogenated alkanes) is 6. The van der Waals surface area contributed by atoms with Crippen LogP contribution in [0.1, 0.15) is 68.3 Å². The fraction of sp³-hybridized carbons (Fsp3) is 0.857. The van der Waals surface area contributed by atoms with Crippen LogP contribution in [0.3, 0.4) is 0 Å². The second-order valence-electron chi connectivity index (χ2n) is 4.85. The summed E-state index contributed by atoms with van der Waals surface area (Å²) >= 11 is 1.77. The second kappa shape index (κ2) is 10.4. The number of aryl methyl sites for hydroxylation is 2. The zero-order valence-electron chi connectivity index (χ0n) is 11.7. The van der Waals surface area contributed by atoms with E-state index in [4.69, 9.17) is 5.73 Å². The highest BCUT2D eigenvalue weighted by molar-refractivity contribution is 7.11. The Morgan fingerprint density at radius 1 is 0.833 bits per heavy atom. The lowest BCUT2D eigenvalue weighted by Crippen LogP contribution is -1.99. The molecule has 104 valence electrons. The molecule has 0 spiro atoms. The number of nitrogens with zero attached hydrogens (tertiary/aromatic N) is 2. The molecule has 2 N–H and O–H groups in total. The van der Waals surface area contributed by atoms with E-state index in [2.05, 4.69) is 17.1 Å². The molecule has 0 aromatic carbocycles. The van der Waals surface area contributed by atoms with Crippen molar-refractivity contribution in [3.05, 3.63) is 10.0 Å². The molecule has 0 aliphatic heterocycles. The maximum Gasteiger partial charge on any atom is 0.117 e. The third-order valence-electron chi connectivity index (χ3n) is 3.10. The van der Waals surface area contributed by atoms with Crippen molar-refractivity contribution in [3.8, 4) is 0 Å². The van der Waals surface area contributed by atoms with Crippen LogP contribution in [0.4, 0.5) is 0 Å². The smallest absolute Gasteiger partial charge is 0.117 e. The maximum absolute atomic E-state index is 5.49. The number of nitrogens with two attached hydrogens (primary N) is 1. The molecule has 0 unspecified atom stereocenters. The van der Waals surface area contributed by atoms with Gasteiger partial charge in [0.15, 0.2) is 0 Å². The van der Waals surface area contributed by atoms with Gasteiger partial charge in [0, 0.05) is 12.8 Å². The lowest BCUT2D eigenvalue weighted by Gasteiger charge is -1.99. The molecular formula is C14H27N3S. The molecule has 0 amide bonds. The van der Waals surface area contributed by atoms with Crippen LogP contribution in [0.2, 0.25) is 0 Å². The highest BCUT2D eigenvalue weighted by Crippen LogP contribution is 2.15. The van der Waals surface area contributed by atoms with Crippen LogP contribution in [0, 0.1) is 0 Å². The predicted molar refractivity (Wildman–Crippen MR) is 79.0 cm³/mol. The fourth-order valence-electron chi connectivity index (χ4n) is 1.98. The van der Waals surface area contributed by atoms with E-state index in [1.807, 2.05) is 0 Å².